The van der Waals surface area contributed by atoms with Gasteiger partial charge in [0.1, 0.15) is 17.3 Å². The van der Waals surface area contributed by atoms with E-state index in [1.165, 1.54) is 25.3 Å². The first kappa shape index (κ1) is 20.6. The molecule has 31 heavy (non-hydrogen) atoms. The summed E-state index contributed by atoms with van der Waals surface area (Å²) in [7, 11) is 1.49. The lowest BCUT2D eigenvalue weighted by molar-refractivity contribution is -0.120. The average molecular weight is 437 g/mol. The number of nitrogens with one attached hydrogen (secondary N) is 1. The molecule has 2 amide bonds. The quantitative estimate of drug-likeness (QED) is 0.559. The van der Waals surface area contributed by atoms with Crippen LogP contribution < -0.4 is 15.0 Å². The number of anilines is 2. The first-order chi connectivity index (χ1) is 14.9. The third-order valence-electron chi connectivity index (χ3n) is 4.95. The lowest BCUT2D eigenvalue weighted by Crippen LogP contribution is -2.33. The van der Waals surface area contributed by atoms with E-state index in [4.69, 9.17) is 16.3 Å². The number of carbonyl (C=O) groups excluding carboxylic acids is 2. The fourth-order valence-corrected chi connectivity index (χ4v) is 3.77. The van der Waals surface area contributed by atoms with Crippen molar-refractivity contribution in [1.29, 1.82) is 0 Å². The van der Waals surface area contributed by atoms with Crippen molar-refractivity contribution in [2.75, 3.05) is 17.3 Å². The SMILES string of the molecule is COc1ccccc1C1=C(Nc2cccc(F)c2)C(=O)N(c2ccc(Cl)cc2C)C1=O. The summed E-state index contributed by atoms with van der Waals surface area (Å²) < 4.78 is 19.2. The van der Waals surface area contributed by atoms with Crippen molar-refractivity contribution >= 4 is 40.4 Å². The van der Waals surface area contributed by atoms with Crippen LogP contribution in [0.25, 0.3) is 5.57 Å². The summed E-state index contributed by atoms with van der Waals surface area (Å²) in [4.78, 5) is 28.1. The first-order valence-electron chi connectivity index (χ1n) is 9.46. The molecule has 1 heterocycles. The minimum absolute atomic E-state index is 0.0365. The van der Waals surface area contributed by atoms with Gasteiger partial charge in [-0.15, -0.1) is 0 Å². The van der Waals surface area contributed by atoms with Gasteiger partial charge < -0.3 is 10.1 Å². The van der Waals surface area contributed by atoms with Gasteiger partial charge in [-0.25, -0.2) is 9.29 Å². The van der Waals surface area contributed by atoms with Crippen LogP contribution in [0.2, 0.25) is 5.02 Å². The lowest BCUT2D eigenvalue weighted by Gasteiger charge is -2.18. The Labute approximate surface area is 183 Å². The van der Waals surface area contributed by atoms with Crippen LogP contribution in [0.15, 0.2) is 72.4 Å². The number of benzene rings is 3. The van der Waals surface area contributed by atoms with Gasteiger partial charge in [0.25, 0.3) is 11.8 Å². The van der Waals surface area contributed by atoms with Crippen molar-refractivity contribution in [3.8, 4) is 5.75 Å². The zero-order valence-electron chi connectivity index (χ0n) is 16.8. The van der Waals surface area contributed by atoms with Crippen molar-refractivity contribution in [2.24, 2.45) is 0 Å². The largest absolute Gasteiger partial charge is 0.496 e. The number of para-hydroxylation sites is 1. The van der Waals surface area contributed by atoms with Crippen LogP contribution in [0.1, 0.15) is 11.1 Å². The molecular weight excluding hydrogens is 419 g/mol. The second kappa shape index (κ2) is 8.24. The molecule has 3 aromatic rings. The number of nitrogens with zero attached hydrogens (tertiary/aromatic N) is 1. The minimum Gasteiger partial charge on any atom is -0.496 e. The number of imide groups is 1. The van der Waals surface area contributed by atoms with Gasteiger partial charge in [-0.05, 0) is 55.0 Å². The smallest absolute Gasteiger partial charge is 0.282 e. The number of halogens is 2. The van der Waals surface area contributed by atoms with E-state index < -0.39 is 17.6 Å². The van der Waals surface area contributed by atoms with E-state index in [0.29, 0.717) is 33.3 Å². The number of hydrogen-bond acceptors (Lipinski definition) is 4. The topological polar surface area (TPSA) is 58.6 Å². The van der Waals surface area contributed by atoms with E-state index in [0.717, 1.165) is 4.90 Å². The Hall–Kier alpha value is -3.64. The van der Waals surface area contributed by atoms with E-state index in [1.54, 1.807) is 55.5 Å². The van der Waals surface area contributed by atoms with Crippen molar-refractivity contribution in [3.05, 3.63) is 94.4 Å². The maximum absolute atomic E-state index is 13.7. The summed E-state index contributed by atoms with van der Waals surface area (Å²) in [5, 5.41) is 3.43. The molecule has 1 N–H and O–H groups in total. The molecule has 0 unspecified atom stereocenters. The normalized spacial score (nSPS) is 13.7. The molecular formula is C24H18ClFN2O3. The molecule has 5 nitrogen and oxygen atoms in total. The summed E-state index contributed by atoms with van der Waals surface area (Å²) >= 11 is 6.05. The summed E-state index contributed by atoms with van der Waals surface area (Å²) in [6.07, 6.45) is 0. The highest BCUT2D eigenvalue weighted by molar-refractivity contribution is 6.46. The number of methoxy groups -OCH3 is 1. The number of aryl methyl sites for hydroxylation is 1. The molecule has 4 rings (SSSR count). The van der Waals surface area contributed by atoms with Gasteiger partial charge in [-0.3, -0.25) is 9.59 Å². The molecule has 0 saturated heterocycles. The van der Waals surface area contributed by atoms with Gasteiger partial charge in [-0.2, -0.15) is 0 Å². The standard InChI is InChI=1S/C24H18ClFN2O3/c1-14-12-15(25)10-11-19(14)28-23(29)21(18-8-3-4-9-20(18)31-2)22(24(28)30)27-17-7-5-6-16(26)13-17/h3-13,27H,1-2H3. The molecule has 0 fully saturated rings. The van der Waals surface area contributed by atoms with E-state index in [-0.39, 0.29) is 11.3 Å². The minimum atomic E-state index is -0.555. The number of ether oxygens (including phenoxy) is 1. The summed E-state index contributed by atoms with van der Waals surface area (Å²) in [5.41, 5.74) is 2.06. The van der Waals surface area contributed by atoms with E-state index in [9.17, 15) is 14.0 Å². The Morgan fingerprint density at radius 2 is 1.74 bits per heavy atom. The van der Waals surface area contributed by atoms with Gasteiger partial charge in [0.05, 0.1) is 18.4 Å². The zero-order valence-corrected chi connectivity index (χ0v) is 17.5. The molecule has 0 aliphatic carbocycles. The monoisotopic (exact) mass is 436 g/mol. The second-order valence-corrected chi connectivity index (χ2v) is 7.40. The van der Waals surface area contributed by atoms with Crippen LogP contribution in [0, 0.1) is 12.7 Å². The van der Waals surface area contributed by atoms with Crippen LogP contribution in [-0.4, -0.2) is 18.9 Å². The van der Waals surface area contributed by atoms with Gasteiger partial charge in [0, 0.05) is 16.3 Å². The molecule has 0 atom stereocenters. The highest BCUT2D eigenvalue weighted by Crippen LogP contribution is 2.38. The van der Waals surface area contributed by atoms with Crippen LogP contribution in [-0.2, 0) is 9.59 Å². The van der Waals surface area contributed by atoms with E-state index >= 15 is 0 Å². The van der Waals surface area contributed by atoms with Crippen LogP contribution in [0.5, 0.6) is 5.75 Å². The zero-order chi connectivity index (χ0) is 22.1. The summed E-state index contributed by atoms with van der Waals surface area (Å²) in [6, 6.07) is 17.5. The molecule has 1 aliphatic heterocycles. The highest BCUT2D eigenvalue weighted by atomic mass is 35.5. The molecule has 156 valence electrons. The number of hydrogen-bond donors (Lipinski definition) is 1. The van der Waals surface area contributed by atoms with Crippen LogP contribution in [0.4, 0.5) is 15.8 Å². The van der Waals surface area contributed by atoms with Gasteiger partial charge in [-0.1, -0.05) is 35.9 Å². The van der Waals surface area contributed by atoms with Crippen molar-refractivity contribution in [1.82, 2.24) is 0 Å². The maximum Gasteiger partial charge on any atom is 0.282 e. The maximum atomic E-state index is 13.7. The van der Waals surface area contributed by atoms with Gasteiger partial charge >= 0.3 is 0 Å². The molecule has 0 saturated carbocycles. The van der Waals surface area contributed by atoms with Gasteiger partial charge in [0.15, 0.2) is 0 Å². The van der Waals surface area contributed by atoms with E-state index in [1.807, 2.05) is 0 Å². The van der Waals surface area contributed by atoms with Crippen LogP contribution in [0.3, 0.4) is 0 Å². The van der Waals surface area contributed by atoms with Crippen LogP contribution >= 0.6 is 11.6 Å². The van der Waals surface area contributed by atoms with E-state index in [2.05, 4.69) is 5.32 Å². The third-order valence-corrected chi connectivity index (χ3v) is 5.19. The Kier molecular flexibility index (Phi) is 5.48. The predicted molar refractivity (Wildman–Crippen MR) is 119 cm³/mol. The molecule has 0 radical (unpaired) electrons. The molecule has 0 aromatic heterocycles. The molecule has 0 spiro atoms. The van der Waals surface area contributed by atoms with Crippen molar-refractivity contribution < 1.29 is 18.7 Å². The molecule has 1 aliphatic rings. The van der Waals surface area contributed by atoms with Crippen molar-refractivity contribution in [3.63, 3.8) is 0 Å². The number of amides is 2. The highest BCUT2D eigenvalue weighted by Gasteiger charge is 2.41. The van der Waals surface area contributed by atoms with Crippen molar-refractivity contribution in [2.45, 2.75) is 6.92 Å². The fourth-order valence-electron chi connectivity index (χ4n) is 3.55. The Balaban J connectivity index is 1.88. The number of carbonyl (C=O) groups is 2. The molecule has 0 bridgehead atoms. The summed E-state index contributed by atoms with van der Waals surface area (Å²) in [5.74, 6) is -1.10. The summed E-state index contributed by atoms with van der Waals surface area (Å²) in [6.45, 7) is 1.77. The van der Waals surface area contributed by atoms with Gasteiger partial charge in [0.2, 0.25) is 0 Å². The molecule has 3 aromatic carbocycles. The fraction of sp³-hybridized carbons (Fsp3) is 0.0833. The Bertz CT molecular complexity index is 1240. The first-order valence-corrected chi connectivity index (χ1v) is 9.83. The Morgan fingerprint density at radius 1 is 0.968 bits per heavy atom. The number of rotatable bonds is 5. The second-order valence-electron chi connectivity index (χ2n) is 6.96. The lowest BCUT2D eigenvalue weighted by atomic mass is 10.0. The average Bonchev–Trinajstić information content (AvgIpc) is 2.98. The predicted octanol–water partition coefficient (Wildman–Crippen LogP) is 5.19. The third kappa shape index (κ3) is 3.78. The Morgan fingerprint density at radius 3 is 2.45 bits per heavy atom. The molecule has 7 heteroatoms.